The summed E-state index contributed by atoms with van der Waals surface area (Å²) < 4.78 is 11.1. The number of carbonyl (C=O) groups is 2. The number of hydrogen-bond donors (Lipinski definition) is 0. The first-order valence-electron chi connectivity index (χ1n) is 7.97. The molecule has 3 aliphatic rings. The van der Waals surface area contributed by atoms with Crippen LogP contribution in [0, 0.1) is 18.8 Å². The molecule has 0 heterocycles. The molecule has 0 amide bonds. The highest BCUT2D eigenvalue weighted by Crippen LogP contribution is 2.50. The standard InChI is InChI=1S/C18H22O4/c1-12-5-3-4-6-16(12)21-17(20)22-18-9-7-14(8-10-18)11-15(18)13(2)19/h3-6,14-15H,7-11H2,1-2H3. The van der Waals surface area contributed by atoms with Gasteiger partial charge in [-0.15, -0.1) is 0 Å². The van der Waals surface area contributed by atoms with Crippen LogP contribution in [0.5, 0.6) is 5.75 Å². The van der Waals surface area contributed by atoms with Gasteiger partial charge in [-0.1, -0.05) is 18.2 Å². The van der Waals surface area contributed by atoms with Gasteiger partial charge in [-0.2, -0.15) is 0 Å². The molecule has 0 aliphatic heterocycles. The van der Waals surface area contributed by atoms with Crippen LogP contribution in [0.2, 0.25) is 0 Å². The zero-order valence-electron chi connectivity index (χ0n) is 13.1. The molecule has 3 fully saturated rings. The maximum absolute atomic E-state index is 12.2. The lowest BCUT2D eigenvalue weighted by Crippen LogP contribution is -2.53. The van der Waals surface area contributed by atoms with Crippen LogP contribution in [-0.2, 0) is 9.53 Å². The second kappa shape index (κ2) is 5.75. The summed E-state index contributed by atoms with van der Waals surface area (Å²) in [7, 11) is 0. The molecule has 0 radical (unpaired) electrons. The Labute approximate surface area is 130 Å². The van der Waals surface area contributed by atoms with Crippen molar-refractivity contribution in [1.82, 2.24) is 0 Å². The van der Waals surface area contributed by atoms with Crippen molar-refractivity contribution in [2.45, 2.75) is 51.6 Å². The molecule has 4 heteroatoms. The Morgan fingerprint density at radius 2 is 1.86 bits per heavy atom. The first-order valence-corrected chi connectivity index (χ1v) is 7.97. The average molecular weight is 302 g/mol. The predicted molar refractivity (Wildman–Crippen MR) is 81.8 cm³/mol. The third kappa shape index (κ3) is 2.74. The Morgan fingerprint density at radius 1 is 1.18 bits per heavy atom. The van der Waals surface area contributed by atoms with E-state index in [1.165, 1.54) is 0 Å². The highest BCUT2D eigenvalue weighted by molar-refractivity contribution is 5.80. The van der Waals surface area contributed by atoms with E-state index in [4.69, 9.17) is 9.47 Å². The van der Waals surface area contributed by atoms with Crippen LogP contribution in [0.4, 0.5) is 4.79 Å². The van der Waals surface area contributed by atoms with Gasteiger partial charge in [0, 0.05) is 0 Å². The minimum atomic E-state index is -0.694. The summed E-state index contributed by atoms with van der Waals surface area (Å²) in [5.41, 5.74) is 0.229. The van der Waals surface area contributed by atoms with E-state index in [1.807, 2.05) is 25.1 Å². The summed E-state index contributed by atoms with van der Waals surface area (Å²) >= 11 is 0. The van der Waals surface area contributed by atoms with E-state index >= 15 is 0 Å². The minimum absolute atomic E-state index is 0.119. The second-order valence-corrected chi connectivity index (χ2v) is 6.63. The van der Waals surface area contributed by atoms with Crippen molar-refractivity contribution in [2.75, 3.05) is 0 Å². The van der Waals surface area contributed by atoms with Gasteiger partial charge in [-0.3, -0.25) is 4.79 Å². The van der Waals surface area contributed by atoms with Crippen LogP contribution in [0.3, 0.4) is 0 Å². The zero-order chi connectivity index (χ0) is 15.7. The summed E-state index contributed by atoms with van der Waals surface area (Å²) in [6.45, 7) is 3.48. The van der Waals surface area contributed by atoms with Crippen molar-refractivity contribution >= 4 is 11.9 Å². The largest absolute Gasteiger partial charge is 0.514 e. The molecule has 4 nitrogen and oxygen atoms in total. The van der Waals surface area contributed by atoms with Crippen LogP contribution in [-0.4, -0.2) is 17.5 Å². The van der Waals surface area contributed by atoms with Crippen molar-refractivity contribution in [1.29, 1.82) is 0 Å². The van der Waals surface area contributed by atoms with Gasteiger partial charge in [0.25, 0.3) is 0 Å². The van der Waals surface area contributed by atoms with Crippen LogP contribution in [0.1, 0.15) is 44.6 Å². The fourth-order valence-corrected chi connectivity index (χ4v) is 3.96. The lowest BCUT2D eigenvalue weighted by atomic mass is 9.60. The Hall–Kier alpha value is -1.84. The SMILES string of the molecule is CC(=O)C1CC2CCC1(OC(=O)Oc1ccccc1C)CC2. The van der Waals surface area contributed by atoms with Crippen molar-refractivity contribution in [3.63, 3.8) is 0 Å². The van der Waals surface area contributed by atoms with Gasteiger partial charge >= 0.3 is 6.16 Å². The van der Waals surface area contributed by atoms with Crippen LogP contribution < -0.4 is 4.74 Å². The molecule has 2 bridgehead atoms. The average Bonchev–Trinajstić information content (AvgIpc) is 2.50. The monoisotopic (exact) mass is 302 g/mol. The van der Waals surface area contributed by atoms with Crippen molar-refractivity contribution < 1.29 is 19.1 Å². The van der Waals surface area contributed by atoms with Gasteiger partial charge < -0.3 is 9.47 Å². The first kappa shape index (κ1) is 15.1. The van der Waals surface area contributed by atoms with Gasteiger partial charge in [0.05, 0.1) is 5.92 Å². The van der Waals surface area contributed by atoms with Gasteiger partial charge in [-0.25, -0.2) is 4.79 Å². The van der Waals surface area contributed by atoms with E-state index in [-0.39, 0.29) is 11.7 Å². The lowest BCUT2D eigenvalue weighted by molar-refractivity contribution is -0.149. The molecular formula is C18H22O4. The molecule has 1 aromatic carbocycles. The number of aryl methyl sites for hydroxylation is 1. The zero-order valence-corrected chi connectivity index (χ0v) is 13.1. The molecule has 0 spiro atoms. The number of fused-ring (bicyclic) bond motifs is 3. The van der Waals surface area contributed by atoms with E-state index in [2.05, 4.69) is 0 Å². The fourth-order valence-electron chi connectivity index (χ4n) is 3.96. The van der Waals surface area contributed by atoms with Crippen LogP contribution in [0.25, 0.3) is 0 Å². The summed E-state index contributed by atoms with van der Waals surface area (Å²) in [5, 5.41) is 0. The predicted octanol–water partition coefficient (Wildman–Crippen LogP) is 4.05. The van der Waals surface area contributed by atoms with E-state index < -0.39 is 11.8 Å². The van der Waals surface area contributed by atoms with E-state index in [0.29, 0.717) is 11.7 Å². The Balaban J connectivity index is 1.74. The normalized spacial score (nSPS) is 29.9. The third-order valence-electron chi connectivity index (χ3n) is 5.22. The van der Waals surface area contributed by atoms with E-state index in [9.17, 15) is 9.59 Å². The molecule has 0 N–H and O–H groups in total. The molecule has 0 saturated heterocycles. The van der Waals surface area contributed by atoms with Gasteiger partial charge in [-0.05, 0) is 63.5 Å². The molecule has 118 valence electrons. The summed E-state index contributed by atoms with van der Waals surface area (Å²) in [4.78, 5) is 24.2. The number of para-hydroxylation sites is 1. The summed E-state index contributed by atoms with van der Waals surface area (Å²) in [6.07, 6.45) is 3.74. The number of ketones is 1. The molecule has 3 saturated carbocycles. The summed E-state index contributed by atoms with van der Waals surface area (Å²) in [6, 6.07) is 7.33. The quantitative estimate of drug-likeness (QED) is 0.624. The number of ether oxygens (including phenoxy) is 2. The Morgan fingerprint density at radius 3 is 2.50 bits per heavy atom. The molecule has 1 atom stereocenters. The molecule has 1 unspecified atom stereocenters. The number of Topliss-reactive ketones (excluding diaryl/α,β-unsaturated/α-hetero) is 1. The fraction of sp³-hybridized carbons (Fsp3) is 0.556. The second-order valence-electron chi connectivity index (χ2n) is 6.63. The third-order valence-corrected chi connectivity index (χ3v) is 5.22. The smallest absolute Gasteiger partial charge is 0.427 e. The highest BCUT2D eigenvalue weighted by Gasteiger charge is 2.52. The van der Waals surface area contributed by atoms with E-state index in [1.54, 1.807) is 13.0 Å². The highest BCUT2D eigenvalue weighted by atomic mass is 16.7. The maximum Gasteiger partial charge on any atom is 0.514 e. The molecule has 4 rings (SSSR count). The summed E-state index contributed by atoms with van der Waals surface area (Å²) in [5.74, 6) is 1.05. The van der Waals surface area contributed by atoms with Crippen LogP contribution >= 0.6 is 0 Å². The van der Waals surface area contributed by atoms with Crippen molar-refractivity contribution in [3.05, 3.63) is 29.8 Å². The molecular weight excluding hydrogens is 280 g/mol. The van der Waals surface area contributed by atoms with Gasteiger partial charge in [0.15, 0.2) is 0 Å². The molecule has 3 aliphatic carbocycles. The first-order chi connectivity index (χ1) is 10.5. The lowest BCUT2D eigenvalue weighted by Gasteiger charge is -2.49. The number of carbonyl (C=O) groups excluding carboxylic acids is 2. The molecule has 0 aromatic heterocycles. The molecule has 1 aromatic rings. The van der Waals surface area contributed by atoms with Crippen LogP contribution in [0.15, 0.2) is 24.3 Å². The number of rotatable bonds is 3. The van der Waals surface area contributed by atoms with Crippen molar-refractivity contribution in [2.24, 2.45) is 11.8 Å². The minimum Gasteiger partial charge on any atom is -0.427 e. The number of benzene rings is 1. The number of hydrogen-bond acceptors (Lipinski definition) is 4. The Bertz CT molecular complexity index is 585. The Kier molecular flexibility index (Phi) is 3.94. The molecule has 22 heavy (non-hydrogen) atoms. The van der Waals surface area contributed by atoms with Gasteiger partial charge in [0.2, 0.25) is 0 Å². The van der Waals surface area contributed by atoms with Crippen molar-refractivity contribution in [3.8, 4) is 5.75 Å². The maximum atomic E-state index is 12.2. The van der Waals surface area contributed by atoms with E-state index in [0.717, 1.165) is 37.7 Å². The topological polar surface area (TPSA) is 52.6 Å². The van der Waals surface area contributed by atoms with Gasteiger partial charge in [0.1, 0.15) is 17.1 Å².